The van der Waals surface area contributed by atoms with Crippen LogP contribution in [-0.2, 0) is 4.79 Å². The molecule has 5 rings (SSSR count). The molecule has 1 aromatic carbocycles. The third-order valence-corrected chi connectivity index (χ3v) is 7.80. The van der Waals surface area contributed by atoms with Crippen LogP contribution in [0.25, 0.3) is 11.2 Å². The number of aliphatic hydroxyl groups excluding tert-OH is 3. The van der Waals surface area contributed by atoms with Gasteiger partial charge in [0.1, 0.15) is 17.2 Å². The van der Waals surface area contributed by atoms with E-state index in [0.717, 1.165) is 18.9 Å². The fourth-order valence-corrected chi connectivity index (χ4v) is 5.53. The number of rotatable bonds is 9. The topological polar surface area (TPSA) is 157 Å². The number of nitrogens with zero attached hydrogens (tertiary/aromatic N) is 4. The predicted octanol–water partition coefficient (Wildman–Crippen LogP) is 3.40. The van der Waals surface area contributed by atoms with E-state index in [1.807, 2.05) is 4.57 Å². The predicted molar refractivity (Wildman–Crippen MR) is 151 cm³/mol. The molecule has 41 heavy (non-hydrogen) atoms. The first-order chi connectivity index (χ1) is 19.3. The number of carbonyl (C=O) groups excluding carboxylic acids is 1. The second kappa shape index (κ2) is 13.5. The van der Waals surface area contributed by atoms with Crippen LogP contribution < -0.4 is 16.0 Å². The smallest absolute Gasteiger partial charge is 0.224 e. The molecule has 2 saturated carbocycles. The molecule has 2 aliphatic rings. The normalized spacial score (nSPS) is 23.4. The van der Waals surface area contributed by atoms with Gasteiger partial charge in [0.15, 0.2) is 5.65 Å². The number of anilines is 3. The van der Waals surface area contributed by atoms with E-state index in [1.165, 1.54) is 12.1 Å². The second-order valence-corrected chi connectivity index (χ2v) is 10.7. The van der Waals surface area contributed by atoms with E-state index < -0.39 is 24.3 Å². The summed E-state index contributed by atoms with van der Waals surface area (Å²) in [5.41, 5.74) is 1.13. The minimum absolute atomic E-state index is 0. The monoisotopic (exact) mass is 575 g/mol. The molecule has 13 heteroatoms. The number of amides is 1. The van der Waals surface area contributed by atoms with Crippen LogP contribution in [0.15, 0.2) is 24.4 Å². The van der Waals surface area contributed by atoms with E-state index in [0.29, 0.717) is 61.6 Å². The van der Waals surface area contributed by atoms with E-state index in [9.17, 15) is 23.8 Å². The molecule has 0 aliphatic heterocycles. The molecule has 1 amide bonds. The van der Waals surface area contributed by atoms with Crippen molar-refractivity contribution in [1.82, 2.24) is 24.8 Å². The van der Waals surface area contributed by atoms with Crippen molar-refractivity contribution < 1.29 is 28.9 Å². The van der Waals surface area contributed by atoms with Crippen molar-refractivity contribution in [1.29, 1.82) is 0 Å². The number of carbonyl (C=O) groups is 1. The molecule has 0 saturated heterocycles. The Morgan fingerprint density at radius 1 is 1.07 bits per heavy atom. The van der Waals surface area contributed by atoms with Gasteiger partial charge in [-0.05, 0) is 63.5 Å². The minimum atomic E-state index is -1.00. The van der Waals surface area contributed by atoms with E-state index in [1.54, 1.807) is 6.20 Å². The molecule has 0 spiro atoms. The van der Waals surface area contributed by atoms with Gasteiger partial charge in [0.05, 0.1) is 30.7 Å². The fraction of sp³-hybridized carbons (Fsp3) is 0.571. The minimum Gasteiger partial charge on any atom is -0.394 e. The number of hydrogen-bond donors (Lipinski definition) is 6. The van der Waals surface area contributed by atoms with Gasteiger partial charge in [0.25, 0.3) is 0 Å². The Morgan fingerprint density at radius 3 is 2.49 bits per heavy atom. The summed E-state index contributed by atoms with van der Waals surface area (Å²) in [6.07, 6.45) is 5.78. The largest absolute Gasteiger partial charge is 0.394 e. The number of benzene rings is 1. The molecular formula is C28H39F2N7O4. The average molecular weight is 576 g/mol. The molecule has 2 aromatic heterocycles. The molecule has 1 atom stereocenters. The third-order valence-electron chi connectivity index (χ3n) is 7.80. The van der Waals surface area contributed by atoms with Gasteiger partial charge in [0, 0.05) is 30.6 Å². The molecule has 11 nitrogen and oxygen atoms in total. The fourth-order valence-electron chi connectivity index (χ4n) is 5.53. The number of nitrogens with one attached hydrogen (secondary N) is 3. The van der Waals surface area contributed by atoms with Gasteiger partial charge in [-0.15, -0.1) is 0 Å². The maximum absolute atomic E-state index is 14.5. The maximum atomic E-state index is 14.5. The highest BCUT2D eigenvalue weighted by Crippen LogP contribution is 2.37. The third kappa shape index (κ3) is 7.27. The molecular weight excluding hydrogens is 536 g/mol. The Kier molecular flexibility index (Phi) is 10.1. The van der Waals surface area contributed by atoms with Gasteiger partial charge in [-0.2, -0.15) is 4.98 Å². The van der Waals surface area contributed by atoms with Gasteiger partial charge < -0.3 is 31.3 Å². The number of fused-ring (bicyclic) bond motifs is 1. The van der Waals surface area contributed by atoms with Crippen LogP contribution in [0.1, 0.15) is 64.8 Å². The summed E-state index contributed by atoms with van der Waals surface area (Å²) in [7, 11) is 0. The average Bonchev–Trinajstić information content (AvgIpc) is 3.31. The standard InChI is InChI=1S/C27H35F2N7O4.CH4/c28-16-3-10-22(21(29)11-16)33-27-34-23-13-31-26(32-17-4-8-19(38)9-5-17)35-24(23)36(27)18-6-1-15(2-7-18)25(40)30-12-20(39)14-37;/h3,10-11,13,15,17-20,37-39H,1-2,4-9,12,14H2,(H,30,40)(H,33,34)(H,31,32,35);1H4/t15?,17?,18?,19?,20-;/m1./s1. The van der Waals surface area contributed by atoms with Gasteiger partial charge in [-0.3, -0.25) is 9.36 Å². The first-order valence-corrected chi connectivity index (χ1v) is 13.8. The van der Waals surface area contributed by atoms with Crippen molar-refractivity contribution >= 4 is 34.7 Å². The molecule has 0 radical (unpaired) electrons. The lowest BCUT2D eigenvalue weighted by atomic mass is 9.85. The number of halogens is 2. The lowest BCUT2D eigenvalue weighted by molar-refractivity contribution is -0.126. The quantitative estimate of drug-likeness (QED) is 0.225. The van der Waals surface area contributed by atoms with Gasteiger partial charge in [-0.25, -0.2) is 18.7 Å². The molecule has 2 fully saturated rings. The zero-order chi connectivity index (χ0) is 28.2. The van der Waals surface area contributed by atoms with Crippen LogP contribution in [0.3, 0.4) is 0 Å². The van der Waals surface area contributed by atoms with E-state index >= 15 is 0 Å². The Labute approximate surface area is 237 Å². The lowest BCUT2D eigenvalue weighted by Crippen LogP contribution is -2.39. The van der Waals surface area contributed by atoms with Crippen LogP contribution in [0.5, 0.6) is 0 Å². The zero-order valence-electron chi connectivity index (χ0n) is 22.1. The van der Waals surface area contributed by atoms with Gasteiger partial charge >= 0.3 is 0 Å². The van der Waals surface area contributed by atoms with Crippen LogP contribution in [0.4, 0.5) is 26.4 Å². The molecule has 2 aliphatic carbocycles. The number of imidazole rings is 1. The summed E-state index contributed by atoms with van der Waals surface area (Å²) in [5, 5.41) is 37.4. The van der Waals surface area contributed by atoms with Gasteiger partial charge in [-0.1, -0.05) is 7.43 Å². The molecule has 224 valence electrons. The van der Waals surface area contributed by atoms with Crippen molar-refractivity contribution in [2.75, 3.05) is 23.8 Å². The Balaban J connectivity index is 0.00000387. The number of hydrogen-bond acceptors (Lipinski definition) is 9. The van der Waals surface area contributed by atoms with E-state index in [2.05, 4.69) is 25.9 Å². The Morgan fingerprint density at radius 2 is 1.80 bits per heavy atom. The summed E-state index contributed by atoms with van der Waals surface area (Å²) in [4.78, 5) is 26.4. The molecule has 2 heterocycles. The zero-order valence-corrected chi connectivity index (χ0v) is 22.1. The molecule has 6 N–H and O–H groups in total. The van der Waals surface area contributed by atoms with Crippen molar-refractivity contribution in [2.24, 2.45) is 5.92 Å². The van der Waals surface area contributed by atoms with Crippen LogP contribution in [0.2, 0.25) is 0 Å². The SMILES string of the molecule is C.O=C(NC[C@@H](O)CO)C1CCC(n2c(Nc3ccc(F)cc3F)nc3cnc(NC4CCC(O)CC4)nc32)CC1. The molecule has 0 unspecified atom stereocenters. The summed E-state index contributed by atoms with van der Waals surface area (Å²) in [6.45, 7) is -0.433. The van der Waals surface area contributed by atoms with Crippen molar-refractivity contribution in [3.8, 4) is 0 Å². The first-order valence-electron chi connectivity index (χ1n) is 13.8. The highest BCUT2D eigenvalue weighted by molar-refractivity contribution is 5.79. The Hall–Kier alpha value is -3.42. The number of aliphatic hydroxyl groups is 3. The van der Waals surface area contributed by atoms with Crippen molar-refractivity contribution in [2.45, 2.75) is 83.1 Å². The summed E-state index contributed by atoms with van der Waals surface area (Å²) < 4.78 is 30.0. The number of aromatic nitrogens is 4. The summed E-state index contributed by atoms with van der Waals surface area (Å²) in [6, 6.07) is 3.32. The van der Waals surface area contributed by atoms with Crippen LogP contribution in [-0.4, -0.2) is 72.1 Å². The summed E-state index contributed by atoms with van der Waals surface area (Å²) >= 11 is 0. The highest BCUT2D eigenvalue weighted by atomic mass is 19.1. The lowest BCUT2D eigenvalue weighted by Gasteiger charge is -2.30. The van der Waals surface area contributed by atoms with E-state index in [-0.39, 0.29) is 49.7 Å². The summed E-state index contributed by atoms with van der Waals surface area (Å²) in [5.74, 6) is -1.07. The molecule has 0 bridgehead atoms. The van der Waals surface area contributed by atoms with Crippen LogP contribution >= 0.6 is 0 Å². The van der Waals surface area contributed by atoms with Crippen molar-refractivity contribution in [3.63, 3.8) is 0 Å². The first kappa shape index (κ1) is 30.5. The maximum Gasteiger partial charge on any atom is 0.224 e. The Bertz CT molecular complexity index is 1320. The van der Waals surface area contributed by atoms with E-state index in [4.69, 9.17) is 10.1 Å². The second-order valence-electron chi connectivity index (χ2n) is 10.7. The van der Waals surface area contributed by atoms with Crippen LogP contribution in [0, 0.1) is 17.6 Å². The molecule has 3 aromatic rings. The highest BCUT2D eigenvalue weighted by Gasteiger charge is 2.30. The van der Waals surface area contributed by atoms with Crippen molar-refractivity contribution in [3.05, 3.63) is 36.0 Å². The van der Waals surface area contributed by atoms with Gasteiger partial charge in [0.2, 0.25) is 17.8 Å².